The summed E-state index contributed by atoms with van der Waals surface area (Å²) in [5.41, 5.74) is 0.852. The SMILES string of the molecule is CP(=O)(O)N1CCC(NC(=O)c2[nH]ncc2CC(=O)c2c(Cl)cccc2Cl)CC1. The molecule has 1 aromatic carbocycles. The first kappa shape index (κ1) is 22.0. The molecule has 1 atom stereocenters. The van der Waals surface area contributed by atoms with Crippen molar-refractivity contribution in [3.63, 3.8) is 0 Å². The number of benzene rings is 1. The van der Waals surface area contributed by atoms with Gasteiger partial charge in [0.25, 0.3) is 13.4 Å². The summed E-state index contributed by atoms with van der Waals surface area (Å²) < 4.78 is 13.3. The van der Waals surface area contributed by atoms with Gasteiger partial charge >= 0.3 is 0 Å². The maximum atomic E-state index is 12.7. The Kier molecular flexibility index (Phi) is 6.81. The van der Waals surface area contributed by atoms with Crippen LogP contribution in [0.2, 0.25) is 10.0 Å². The van der Waals surface area contributed by atoms with Crippen LogP contribution in [-0.4, -0.2) is 57.2 Å². The summed E-state index contributed by atoms with van der Waals surface area (Å²) in [5, 5.41) is 9.93. The highest BCUT2D eigenvalue weighted by molar-refractivity contribution is 7.54. The lowest BCUT2D eigenvalue weighted by Crippen LogP contribution is -2.43. The fourth-order valence-electron chi connectivity index (χ4n) is 3.31. The largest absolute Gasteiger partial charge is 0.348 e. The highest BCUT2D eigenvalue weighted by atomic mass is 35.5. The quantitative estimate of drug-likeness (QED) is 0.452. The molecule has 0 spiro atoms. The minimum atomic E-state index is -3.27. The molecule has 1 unspecified atom stereocenters. The Bertz CT molecular complexity index is 946. The molecular formula is C18H21Cl2N4O4P. The number of carbonyl (C=O) groups is 2. The van der Waals surface area contributed by atoms with E-state index in [-0.39, 0.29) is 45.5 Å². The molecule has 1 aliphatic heterocycles. The maximum Gasteiger partial charge on any atom is 0.269 e. The number of rotatable bonds is 6. The summed E-state index contributed by atoms with van der Waals surface area (Å²) in [6.07, 6.45) is 2.47. The number of nitrogens with one attached hydrogen (secondary N) is 2. The van der Waals surface area contributed by atoms with Crippen molar-refractivity contribution in [2.75, 3.05) is 19.8 Å². The van der Waals surface area contributed by atoms with Crippen molar-refractivity contribution in [1.82, 2.24) is 20.2 Å². The van der Waals surface area contributed by atoms with Gasteiger partial charge in [0.1, 0.15) is 5.69 Å². The molecule has 1 aromatic heterocycles. The van der Waals surface area contributed by atoms with Crippen LogP contribution >= 0.6 is 30.7 Å². The van der Waals surface area contributed by atoms with Crippen LogP contribution in [0.15, 0.2) is 24.4 Å². The summed E-state index contributed by atoms with van der Waals surface area (Å²) in [6.45, 7) is 2.16. The number of H-pyrrole nitrogens is 1. The predicted molar refractivity (Wildman–Crippen MR) is 111 cm³/mol. The Morgan fingerprint density at radius 2 is 1.93 bits per heavy atom. The third-order valence-corrected chi connectivity index (χ3v) is 6.95. The molecule has 3 rings (SSSR count). The molecule has 1 aliphatic rings. The second-order valence-electron chi connectivity index (χ2n) is 7.00. The molecule has 2 aromatic rings. The summed E-state index contributed by atoms with van der Waals surface area (Å²) in [7, 11) is -3.27. The fraction of sp³-hybridized carbons (Fsp3) is 0.389. The van der Waals surface area contributed by atoms with Crippen LogP contribution in [-0.2, 0) is 11.0 Å². The highest BCUT2D eigenvalue weighted by Crippen LogP contribution is 2.42. The number of halogens is 2. The monoisotopic (exact) mass is 458 g/mol. The summed E-state index contributed by atoms with van der Waals surface area (Å²) >= 11 is 12.2. The first-order valence-electron chi connectivity index (χ1n) is 9.03. The van der Waals surface area contributed by atoms with E-state index in [1.807, 2.05) is 0 Å². The zero-order valence-corrected chi connectivity index (χ0v) is 18.1. The average Bonchev–Trinajstić information content (AvgIpc) is 3.09. The molecule has 2 heterocycles. The van der Waals surface area contributed by atoms with Crippen LogP contribution in [0.4, 0.5) is 0 Å². The number of aromatic amines is 1. The molecule has 0 aliphatic carbocycles. The Balaban J connectivity index is 1.65. The number of Topliss-reactive ketones (excluding diaryl/α,β-unsaturated/α-hetero) is 1. The standard InChI is InChI=1S/C18H21Cl2N4O4P/c1-29(27,28)24-7-5-12(6-8-24)22-18(26)17-11(10-21-23-17)9-15(25)16-13(19)3-2-4-14(16)20/h2-4,10,12H,5-9H2,1H3,(H,21,23)(H,22,26)(H,27,28). The van der Waals surface area contributed by atoms with Crippen molar-refractivity contribution in [1.29, 1.82) is 0 Å². The van der Waals surface area contributed by atoms with Crippen molar-refractivity contribution in [2.24, 2.45) is 0 Å². The summed E-state index contributed by atoms with van der Waals surface area (Å²) in [4.78, 5) is 35.0. The number of ketones is 1. The molecule has 11 heteroatoms. The molecule has 1 saturated heterocycles. The van der Waals surface area contributed by atoms with Crippen molar-refractivity contribution in [3.8, 4) is 0 Å². The zero-order valence-electron chi connectivity index (χ0n) is 15.7. The normalized spacial score (nSPS) is 17.7. The van der Waals surface area contributed by atoms with Gasteiger partial charge in [-0.15, -0.1) is 0 Å². The van der Waals surface area contributed by atoms with Crippen LogP contribution in [0.5, 0.6) is 0 Å². The number of hydrogen-bond acceptors (Lipinski definition) is 4. The number of nitrogens with zero attached hydrogens (tertiary/aromatic N) is 2. The van der Waals surface area contributed by atoms with Gasteiger partial charge in [-0.05, 0) is 25.0 Å². The molecule has 8 nitrogen and oxygen atoms in total. The highest BCUT2D eigenvalue weighted by Gasteiger charge is 2.29. The number of amides is 1. The number of hydrogen-bond donors (Lipinski definition) is 3. The van der Waals surface area contributed by atoms with Gasteiger partial charge < -0.3 is 10.2 Å². The van der Waals surface area contributed by atoms with E-state index in [9.17, 15) is 19.0 Å². The van der Waals surface area contributed by atoms with Gasteiger partial charge in [-0.2, -0.15) is 5.10 Å². The van der Waals surface area contributed by atoms with Crippen LogP contribution in [0.3, 0.4) is 0 Å². The zero-order chi connectivity index (χ0) is 21.2. The van der Waals surface area contributed by atoms with Crippen LogP contribution in [0.25, 0.3) is 0 Å². The molecule has 3 N–H and O–H groups in total. The molecule has 29 heavy (non-hydrogen) atoms. The number of carbonyl (C=O) groups excluding carboxylic acids is 2. The first-order chi connectivity index (χ1) is 13.7. The van der Waals surface area contributed by atoms with E-state index in [1.54, 1.807) is 18.2 Å². The van der Waals surface area contributed by atoms with Gasteiger partial charge in [0, 0.05) is 37.8 Å². The van der Waals surface area contributed by atoms with Gasteiger partial charge in [0.15, 0.2) is 5.78 Å². The maximum absolute atomic E-state index is 12.7. The van der Waals surface area contributed by atoms with Crippen molar-refractivity contribution < 1.29 is 19.0 Å². The molecule has 0 saturated carbocycles. The number of piperidine rings is 1. The third kappa shape index (κ3) is 5.27. The summed E-state index contributed by atoms with van der Waals surface area (Å²) in [6, 6.07) is 4.68. The Morgan fingerprint density at radius 1 is 1.31 bits per heavy atom. The lowest BCUT2D eigenvalue weighted by atomic mass is 10.0. The van der Waals surface area contributed by atoms with Crippen LogP contribution < -0.4 is 5.32 Å². The van der Waals surface area contributed by atoms with E-state index < -0.39 is 7.52 Å². The first-order valence-corrected chi connectivity index (χ1v) is 11.8. The van der Waals surface area contributed by atoms with Crippen molar-refractivity contribution >= 4 is 42.4 Å². The van der Waals surface area contributed by atoms with E-state index in [0.717, 1.165) is 0 Å². The smallest absolute Gasteiger partial charge is 0.269 e. The minimum Gasteiger partial charge on any atom is -0.348 e. The van der Waals surface area contributed by atoms with Gasteiger partial charge in [0.2, 0.25) is 0 Å². The van der Waals surface area contributed by atoms with Crippen molar-refractivity contribution in [3.05, 3.63) is 51.3 Å². The van der Waals surface area contributed by atoms with Crippen LogP contribution in [0.1, 0.15) is 39.3 Å². The summed E-state index contributed by atoms with van der Waals surface area (Å²) in [5.74, 6) is -0.691. The topological polar surface area (TPSA) is 115 Å². The van der Waals surface area contributed by atoms with Gasteiger partial charge in [-0.3, -0.25) is 19.3 Å². The average molecular weight is 459 g/mol. The lowest BCUT2D eigenvalue weighted by molar-refractivity contribution is 0.0917. The molecule has 1 amide bonds. The van der Waals surface area contributed by atoms with E-state index in [0.29, 0.717) is 31.5 Å². The van der Waals surface area contributed by atoms with Crippen LogP contribution in [0, 0.1) is 0 Å². The van der Waals surface area contributed by atoms with E-state index >= 15 is 0 Å². The molecule has 0 bridgehead atoms. The van der Waals surface area contributed by atoms with Gasteiger partial charge in [0.05, 0.1) is 21.8 Å². The van der Waals surface area contributed by atoms with Crippen molar-refractivity contribution in [2.45, 2.75) is 25.3 Å². The molecule has 1 fully saturated rings. The Labute approximate surface area is 178 Å². The molecule has 156 valence electrons. The second-order valence-corrected chi connectivity index (χ2v) is 10.1. The fourth-order valence-corrected chi connectivity index (χ4v) is 4.89. The minimum absolute atomic E-state index is 0.0787. The Morgan fingerprint density at radius 3 is 2.52 bits per heavy atom. The molecule has 0 radical (unpaired) electrons. The van der Waals surface area contributed by atoms with Gasteiger partial charge in [-0.1, -0.05) is 29.3 Å². The molecular weight excluding hydrogens is 438 g/mol. The van der Waals surface area contributed by atoms with E-state index in [4.69, 9.17) is 23.2 Å². The lowest BCUT2D eigenvalue weighted by Gasteiger charge is -2.33. The number of aromatic nitrogens is 2. The van der Waals surface area contributed by atoms with E-state index in [2.05, 4.69) is 15.5 Å². The van der Waals surface area contributed by atoms with E-state index in [1.165, 1.54) is 17.5 Å². The second kappa shape index (κ2) is 8.98. The predicted octanol–water partition coefficient (Wildman–Crippen LogP) is 3.15. The Hall–Kier alpha value is -1.70. The third-order valence-electron chi connectivity index (χ3n) is 4.87. The van der Waals surface area contributed by atoms with Gasteiger partial charge in [-0.25, -0.2) is 4.67 Å².